The molecule has 0 fully saturated rings. The quantitative estimate of drug-likeness (QED) is 0.832. The van der Waals surface area contributed by atoms with Gasteiger partial charge < -0.3 is 10.5 Å². The molecule has 1 aliphatic carbocycles. The van der Waals surface area contributed by atoms with Crippen LogP contribution in [0.1, 0.15) is 31.7 Å². The normalized spacial score (nSPS) is 19.2. The van der Waals surface area contributed by atoms with Gasteiger partial charge in [0.1, 0.15) is 5.82 Å². The molecule has 0 radical (unpaired) electrons. The maximum atomic E-state index is 11.6. The van der Waals surface area contributed by atoms with Crippen LogP contribution in [0.5, 0.6) is 0 Å². The molecule has 0 amide bonds. The lowest BCUT2D eigenvalue weighted by Crippen LogP contribution is -2.19. The van der Waals surface area contributed by atoms with Gasteiger partial charge in [-0.15, -0.1) is 0 Å². The van der Waals surface area contributed by atoms with Crippen molar-refractivity contribution < 1.29 is 9.53 Å². The molecule has 0 saturated carbocycles. The molecule has 2 rings (SSSR count). The van der Waals surface area contributed by atoms with Gasteiger partial charge in [0.2, 0.25) is 0 Å². The molecule has 2 N–H and O–H groups in total. The summed E-state index contributed by atoms with van der Waals surface area (Å²) in [4.78, 5) is 15.7. The lowest BCUT2D eigenvalue weighted by molar-refractivity contribution is -0.148. The van der Waals surface area contributed by atoms with Crippen molar-refractivity contribution in [3.8, 4) is 0 Å². The first-order valence-corrected chi connectivity index (χ1v) is 6.29. The smallest absolute Gasteiger partial charge is 0.309 e. The highest BCUT2D eigenvalue weighted by molar-refractivity contribution is 5.77. The molecule has 96 valence electrons. The summed E-state index contributed by atoms with van der Waals surface area (Å²) >= 11 is 0. The zero-order valence-electron chi connectivity index (χ0n) is 10.6. The summed E-state index contributed by atoms with van der Waals surface area (Å²) in [6.45, 7) is 2.28. The van der Waals surface area contributed by atoms with Gasteiger partial charge in [0.05, 0.1) is 12.5 Å². The molecule has 0 aromatic carbocycles. The van der Waals surface area contributed by atoms with Gasteiger partial charge in [-0.1, -0.05) is 6.08 Å². The van der Waals surface area contributed by atoms with Crippen LogP contribution in [0.4, 0.5) is 5.82 Å². The number of nitrogens with zero attached hydrogens (tertiary/aromatic N) is 1. The van der Waals surface area contributed by atoms with Crippen LogP contribution >= 0.6 is 0 Å². The van der Waals surface area contributed by atoms with Crippen LogP contribution in [0.3, 0.4) is 0 Å². The van der Waals surface area contributed by atoms with E-state index in [1.807, 2.05) is 19.1 Å². The number of anilines is 1. The van der Waals surface area contributed by atoms with Gasteiger partial charge in [-0.05, 0) is 43.9 Å². The highest BCUT2D eigenvalue weighted by Gasteiger charge is 2.23. The molecule has 1 aromatic rings. The Hall–Kier alpha value is -1.84. The van der Waals surface area contributed by atoms with Crippen LogP contribution in [0.25, 0.3) is 5.57 Å². The Morgan fingerprint density at radius 1 is 1.61 bits per heavy atom. The number of pyridine rings is 1. The predicted octanol–water partition coefficient (Wildman–Crippen LogP) is 2.41. The van der Waals surface area contributed by atoms with E-state index in [1.165, 1.54) is 5.57 Å². The number of rotatable bonds is 3. The molecule has 0 bridgehead atoms. The Bertz CT molecular complexity index is 469. The van der Waals surface area contributed by atoms with Crippen molar-refractivity contribution in [1.29, 1.82) is 0 Å². The number of nitrogen functional groups attached to an aromatic ring is 1. The van der Waals surface area contributed by atoms with Crippen LogP contribution in [0.15, 0.2) is 24.4 Å². The Morgan fingerprint density at radius 2 is 2.44 bits per heavy atom. The molecule has 0 aliphatic heterocycles. The van der Waals surface area contributed by atoms with Crippen molar-refractivity contribution in [3.63, 3.8) is 0 Å². The average Bonchev–Trinajstić information content (AvgIpc) is 2.40. The number of hydrogen-bond acceptors (Lipinski definition) is 4. The number of esters is 1. The molecular formula is C14H18N2O2. The van der Waals surface area contributed by atoms with E-state index in [2.05, 4.69) is 11.1 Å². The zero-order valence-corrected chi connectivity index (χ0v) is 10.6. The van der Waals surface area contributed by atoms with Crippen LogP contribution in [-0.4, -0.2) is 17.6 Å². The molecule has 4 heteroatoms. The number of carbonyl (C=O) groups excluding carboxylic acids is 1. The molecule has 1 unspecified atom stereocenters. The van der Waals surface area contributed by atoms with E-state index >= 15 is 0 Å². The molecule has 4 nitrogen and oxygen atoms in total. The van der Waals surface area contributed by atoms with Gasteiger partial charge in [-0.25, -0.2) is 4.98 Å². The largest absolute Gasteiger partial charge is 0.466 e. The first-order chi connectivity index (χ1) is 8.72. The topological polar surface area (TPSA) is 65.2 Å². The summed E-state index contributed by atoms with van der Waals surface area (Å²) in [5, 5.41) is 0. The number of allylic oxidation sites excluding steroid dienone is 2. The Morgan fingerprint density at radius 3 is 3.06 bits per heavy atom. The maximum absolute atomic E-state index is 11.6. The molecular weight excluding hydrogens is 228 g/mol. The third-order valence-corrected chi connectivity index (χ3v) is 3.22. The van der Waals surface area contributed by atoms with Gasteiger partial charge >= 0.3 is 5.97 Å². The molecule has 1 atom stereocenters. The zero-order chi connectivity index (χ0) is 13.0. The Labute approximate surface area is 107 Å². The molecule has 1 aliphatic rings. The SMILES string of the molecule is CCOC(=O)C1CC=C(c2cccnc2N)CC1. The van der Waals surface area contributed by atoms with Gasteiger partial charge in [0, 0.05) is 11.8 Å². The molecule has 1 aromatic heterocycles. The molecule has 0 saturated heterocycles. The monoisotopic (exact) mass is 246 g/mol. The number of nitrogens with two attached hydrogens (primary N) is 1. The van der Waals surface area contributed by atoms with E-state index in [0.29, 0.717) is 12.4 Å². The number of aromatic nitrogens is 1. The van der Waals surface area contributed by atoms with Crippen LogP contribution < -0.4 is 5.73 Å². The predicted molar refractivity (Wildman–Crippen MR) is 70.6 cm³/mol. The van der Waals surface area contributed by atoms with Crippen molar-refractivity contribution in [1.82, 2.24) is 4.98 Å². The fraction of sp³-hybridized carbons (Fsp3) is 0.429. The number of ether oxygens (including phenoxy) is 1. The first kappa shape index (κ1) is 12.6. The van der Waals surface area contributed by atoms with E-state index in [1.54, 1.807) is 6.20 Å². The summed E-state index contributed by atoms with van der Waals surface area (Å²) < 4.78 is 5.04. The van der Waals surface area contributed by atoms with E-state index in [9.17, 15) is 4.79 Å². The van der Waals surface area contributed by atoms with E-state index in [0.717, 1.165) is 24.8 Å². The minimum absolute atomic E-state index is 0.00778. The van der Waals surface area contributed by atoms with Crippen molar-refractivity contribution >= 4 is 17.4 Å². The molecule has 1 heterocycles. The lowest BCUT2D eigenvalue weighted by Gasteiger charge is -2.21. The summed E-state index contributed by atoms with van der Waals surface area (Å²) in [6, 6.07) is 3.85. The molecule has 0 spiro atoms. The summed E-state index contributed by atoms with van der Waals surface area (Å²) in [5.41, 5.74) is 8.02. The first-order valence-electron chi connectivity index (χ1n) is 6.29. The summed E-state index contributed by atoms with van der Waals surface area (Å²) in [6.07, 6.45) is 6.16. The van der Waals surface area contributed by atoms with E-state index < -0.39 is 0 Å². The third-order valence-electron chi connectivity index (χ3n) is 3.22. The van der Waals surface area contributed by atoms with Gasteiger partial charge in [0.15, 0.2) is 0 Å². The number of carbonyl (C=O) groups is 1. The Balaban J connectivity index is 2.07. The lowest BCUT2D eigenvalue weighted by atomic mass is 9.87. The van der Waals surface area contributed by atoms with Crippen LogP contribution in [-0.2, 0) is 9.53 Å². The maximum Gasteiger partial charge on any atom is 0.309 e. The second-order valence-electron chi connectivity index (χ2n) is 4.39. The molecule has 18 heavy (non-hydrogen) atoms. The second-order valence-corrected chi connectivity index (χ2v) is 4.39. The van der Waals surface area contributed by atoms with E-state index in [4.69, 9.17) is 10.5 Å². The van der Waals surface area contributed by atoms with Crippen molar-refractivity contribution in [2.75, 3.05) is 12.3 Å². The fourth-order valence-electron chi connectivity index (χ4n) is 2.24. The van der Waals surface area contributed by atoms with Crippen LogP contribution in [0.2, 0.25) is 0 Å². The summed E-state index contributed by atoms with van der Waals surface area (Å²) in [7, 11) is 0. The summed E-state index contributed by atoms with van der Waals surface area (Å²) in [5.74, 6) is 0.455. The standard InChI is InChI=1S/C14H18N2O2/c1-2-18-14(17)11-7-5-10(6-8-11)12-4-3-9-16-13(12)15/h3-5,9,11H,2,6-8H2,1H3,(H2,15,16). The van der Waals surface area contributed by atoms with Crippen LogP contribution in [0, 0.1) is 5.92 Å². The van der Waals surface area contributed by atoms with Crippen molar-refractivity contribution in [2.24, 2.45) is 5.92 Å². The van der Waals surface area contributed by atoms with Crippen molar-refractivity contribution in [3.05, 3.63) is 30.0 Å². The highest BCUT2D eigenvalue weighted by atomic mass is 16.5. The fourth-order valence-corrected chi connectivity index (χ4v) is 2.24. The average molecular weight is 246 g/mol. The highest BCUT2D eigenvalue weighted by Crippen LogP contribution is 2.32. The van der Waals surface area contributed by atoms with Gasteiger partial charge in [0.25, 0.3) is 0 Å². The second kappa shape index (κ2) is 5.67. The minimum atomic E-state index is -0.0908. The number of hydrogen-bond donors (Lipinski definition) is 1. The van der Waals surface area contributed by atoms with Gasteiger partial charge in [-0.2, -0.15) is 0 Å². The van der Waals surface area contributed by atoms with E-state index in [-0.39, 0.29) is 11.9 Å². The minimum Gasteiger partial charge on any atom is -0.466 e. The van der Waals surface area contributed by atoms with Crippen molar-refractivity contribution in [2.45, 2.75) is 26.2 Å². The third kappa shape index (κ3) is 2.70. The van der Waals surface area contributed by atoms with Gasteiger partial charge in [-0.3, -0.25) is 4.79 Å². The Kier molecular flexibility index (Phi) is 3.97.